The minimum Gasteiger partial charge on any atom is -0.716 e. The lowest BCUT2D eigenvalue weighted by Crippen LogP contribution is -2.07. The summed E-state index contributed by atoms with van der Waals surface area (Å²) in [6.45, 7) is 0. The van der Waals surface area contributed by atoms with Crippen LogP contribution in [-0.2, 0) is 10.4 Å². The van der Waals surface area contributed by atoms with Crippen LogP contribution in [0.25, 0.3) is 22.3 Å². The van der Waals surface area contributed by atoms with Gasteiger partial charge in [-0.25, -0.2) is 13.4 Å². The number of benzene rings is 2. The van der Waals surface area contributed by atoms with Crippen molar-refractivity contribution < 1.29 is 47.0 Å². The van der Waals surface area contributed by atoms with Crippen molar-refractivity contribution in [2.45, 2.75) is 0 Å². The molecule has 2 aromatic carbocycles. The molecule has 0 aliphatic rings. The zero-order chi connectivity index (χ0) is 23.5. The Labute approximate surface area is 180 Å². The van der Waals surface area contributed by atoms with Crippen molar-refractivity contribution in [2.24, 2.45) is 0 Å². The van der Waals surface area contributed by atoms with Gasteiger partial charge in [0, 0.05) is 29.8 Å². The maximum atomic E-state index is 12.3. The number of aromatic nitrogens is 1. The van der Waals surface area contributed by atoms with E-state index in [9.17, 15) is 38.2 Å². The molecule has 166 valence electrons. The van der Waals surface area contributed by atoms with Gasteiger partial charge < -0.3 is 33.6 Å². The van der Waals surface area contributed by atoms with E-state index in [-0.39, 0.29) is 16.5 Å². The fourth-order valence-electron chi connectivity index (χ4n) is 2.64. The molecule has 0 saturated carbocycles. The number of fused-ring (bicyclic) bond motifs is 1. The van der Waals surface area contributed by atoms with Gasteiger partial charge in [0.1, 0.15) is 22.5 Å². The van der Waals surface area contributed by atoms with Gasteiger partial charge in [0.15, 0.2) is 29.7 Å². The van der Waals surface area contributed by atoms with Crippen LogP contribution >= 0.6 is 0 Å². The van der Waals surface area contributed by atoms with Crippen molar-refractivity contribution in [3.8, 4) is 40.1 Å². The number of aromatic amines is 1. The van der Waals surface area contributed by atoms with Gasteiger partial charge in [-0.1, -0.05) is 6.07 Å². The van der Waals surface area contributed by atoms with Crippen molar-refractivity contribution in [1.82, 2.24) is 0 Å². The first-order valence-electron chi connectivity index (χ1n) is 8.68. The molecule has 0 saturated heterocycles. The van der Waals surface area contributed by atoms with Gasteiger partial charge in [0.2, 0.25) is 11.2 Å². The summed E-state index contributed by atoms with van der Waals surface area (Å²) in [5.74, 6) is -3.88. The molecule has 2 heterocycles. The molecule has 0 aliphatic carbocycles. The van der Waals surface area contributed by atoms with Crippen LogP contribution in [0.15, 0.2) is 70.1 Å². The maximum absolute atomic E-state index is 12.3. The standard InChI is InChI=1S/C15H10O10S.C5H5N/c16-7-4-9(18)12-11(5-7)24-15(14(20)13(12)19)6-1-2-8(17)10(3-6)25-26(21,22)23;1-2-4-6-5-3-1/h1-5,16-18,20H,(H,21,22,23);1-5H. The van der Waals surface area contributed by atoms with Gasteiger partial charge in [-0.3, -0.25) is 4.79 Å². The molecular formula is C20H15NO10S. The quantitative estimate of drug-likeness (QED) is 0.257. The summed E-state index contributed by atoms with van der Waals surface area (Å²) in [7, 11) is -5.19. The third-order valence-corrected chi connectivity index (χ3v) is 4.34. The van der Waals surface area contributed by atoms with Crippen molar-refractivity contribution in [3.63, 3.8) is 0 Å². The predicted molar refractivity (Wildman–Crippen MR) is 108 cm³/mol. The van der Waals surface area contributed by atoms with Crippen LogP contribution in [-0.4, -0.2) is 33.4 Å². The summed E-state index contributed by atoms with van der Waals surface area (Å²) in [6.07, 6.45) is 3.75. The monoisotopic (exact) mass is 461 g/mol. The zero-order valence-corrected chi connectivity index (χ0v) is 16.7. The third-order valence-electron chi connectivity index (χ3n) is 3.96. The second kappa shape index (κ2) is 8.83. The molecule has 4 rings (SSSR count). The van der Waals surface area contributed by atoms with Crippen molar-refractivity contribution in [2.75, 3.05) is 0 Å². The summed E-state index contributed by atoms with van der Waals surface area (Å²) in [6, 6.07) is 10.7. The van der Waals surface area contributed by atoms with Crippen LogP contribution in [0.2, 0.25) is 0 Å². The Morgan fingerprint density at radius 1 is 0.938 bits per heavy atom. The van der Waals surface area contributed by atoms with Crippen molar-refractivity contribution in [3.05, 3.63) is 71.1 Å². The highest BCUT2D eigenvalue weighted by Gasteiger charge is 2.20. The van der Waals surface area contributed by atoms with Gasteiger partial charge in [-0.2, -0.15) is 0 Å². The SMILES string of the molecule is O=c1c(O)c(-c2ccc(O)c(OS(=O)(=O)[O-])c2)oc2cc(O)cc(O)c12.c1cc[nH+]cc1. The smallest absolute Gasteiger partial charge is 0.262 e. The zero-order valence-electron chi connectivity index (χ0n) is 15.9. The Bertz CT molecular complexity index is 1410. The van der Waals surface area contributed by atoms with Gasteiger partial charge in [-0.15, -0.1) is 0 Å². The topological polar surface area (TPSA) is 192 Å². The molecule has 0 fully saturated rings. The number of hydrogen-bond acceptors (Lipinski definition) is 10. The van der Waals surface area contributed by atoms with Gasteiger partial charge in [0.05, 0.1) is 0 Å². The Hall–Kier alpha value is -4.29. The van der Waals surface area contributed by atoms with Gasteiger partial charge in [-0.05, 0) is 18.2 Å². The molecule has 2 aromatic heterocycles. The summed E-state index contributed by atoms with van der Waals surface area (Å²) in [5.41, 5.74) is -1.42. The molecule has 5 N–H and O–H groups in total. The Kier molecular flexibility index (Phi) is 6.18. The van der Waals surface area contributed by atoms with Crippen LogP contribution in [0.1, 0.15) is 0 Å². The van der Waals surface area contributed by atoms with Gasteiger partial charge in [0.25, 0.3) is 10.4 Å². The number of aromatic hydroxyl groups is 4. The normalized spacial score (nSPS) is 10.9. The summed E-state index contributed by atoms with van der Waals surface area (Å²) < 4.78 is 41.5. The second-order valence-electron chi connectivity index (χ2n) is 6.20. The molecular weight excluding hydrogens is 446 g/mol. The highest BCUT2D eigenvalue weighted by atomic mass is 32.3. The van der Waals surface area contributed by atoms with Crippen LogP contribution < -0.4 is 14.6 Å². The number of phenols is 3. The molecule has 32 heavy (non-hydrogen) atoms. The lowest BCUT2D eigenvalue weighted by atomic mass is 10.1. The minimum absolute atomic E-state index is 0.124. The lowest BCUT2D eigenvalue weighted by Gasteiger charge is -2.12. The molecule has 0 atom stereocenters. The molecule has 11 nitrogen and oxygen atoms in total. The second-order valence-corrected chi connectivity index (χ2v) is 7.18. The Morgan fingerprint density at radius 2 is 1.62 bits per heavy atom. The first-order chi connectivity index (χ1) is 15.1. The molecule has 0 amide bonds. The largest absolute Gasteiger partial charge is 0.716 e. The maximum Gasteiger partial charge on any atom is 0.262 e. The number of rotatable bonds is 3. The molecule has 0 aliphatic heterocycles. The fraction of sp³-hybridized carbons (Fsp3) is 0. The summed E-state index contributed by atoms with van der Waals surface area (Å²) >= 11 is 0. The van der Waals surface area contributed by atoms with Crippen LogP contribution in [0.4, 0.5) is 0 Å². The van der Waals surface area contributed by atoms with E-state index in [0.29, 0.717) is 0 Å². The third kappa shape index (κ3) is 5.06. The van der Waals surface area contributed by atoms with E-state index in [4.69, 9.17) is 4.42 Å². The molecule has 0 radical (unpaired) electrons. The average molecular weight is 461 g/mol. The molecule has 4 aromatic rings. The highest BCUT2D eigenvalue weighted by molar-refractivity contribution is 7.81. The minimum atomic E-state index is -5.19. The first-order valence-corrected chi connectivity index (χ1v) is 10.0. The van der Waals surface area contributed by atoms with E-state index in [1.807, 2.05) is 30.6 Å². The molecule has 12 heteroatoms. The lowest BCUT2D eigenvalue weighted by molar-refractivity contribution is -0.377. The van der Waals surface area contributed by atoms with Crippen LogP contribution in [0.3, 0.4) is 0 Å². The molecule has 0 spiro atoms. The average Bonchev–Trinajstić information content (AvgIpc) is 2.72. The van der Waals surface area contributed by atoms with E-state index < -0.39 is 50.3 Å². The first kappa shape index (κ1) is 22.4. The van der Waals surface area contributed by atoms with Crippen molar-refractivity contribution >= 4 is 21.4 Å². The number of pyridine rings is 1. The van der Waals surface area contributed by atoms with E-state index >= 15 is 0 Å². The summed E-state index contributed by atoms with van der Waals surface area (Å²) in [4.78, 5) is 15.1. The van der Waals surface area contributed by atoms with E-state index in [1.54, 1.807) is 0 Å². The Balaban J connectivity index is 0.000000416. The predicted octanol–water partition coefficient (Wildman–Crippen LogP) is 1.62. The number of hydrogen-bond donors (Lipinski definition) is 4. The van der Waals surface area contributed by atoms with Gasteiger partial charge >= 0.3 is 0 Å². The molecule has 0 unspecified atom stereocenters. The highest BCUT2D eigenvalue weighted by Crippen LogP contribution is 2.38. The van der Waals surface area contributed by atoms with Crippen LogP contribution in [0.5, 0.6) is 28.7 Å². The number of H-pyrrole nitrogens is 1. The summed E-state index contributed by atoms with van der Waals surface area (Å²) in [5, 5.41) is 38.5. The van der Waals surface area contributed by atoms with E-state index in [2.05, 4.69) is 9.17 Å². The van der Waals surface area contributed by atoms with Crippen molar-refractivity contribution in [1.29, 1.82) is 0 Å². The fourth-order valence-corrected chi connectivity index (χ4v) is 3.00. The van der Waals surface area contributed by atoms with Crippen LogP contribution in [0, 0.1) is 0 Å². The number of phenolic OH excluding ortho intramolecular Hbond substituents is 3. The van der Waals surface area contributed by atoms with E-state index in [1.165, 1.54) is 0 Å². The number of nitrogens with one attached hydrogen (secondary N) is 1. The van der Waals surface area contributed by atoms with E-state index in [0.717, 1.165) is 30.3 Å². The Morgan fingerprint density at radius 3 is 2.19 bits per heavy atom. The molecule has 0 bridgehead atoms.